The van der Waals surface area contributed by atoms with Crippen molar-refractivity contribution >= 4 is 17.6 Å². The predicted molar refractivity (Wildman–Crippen MR) is 86.0 cm³/mol. The van der Waals surface area contributed by atoms with Crippen molar-refractivity contribution in [3.8, 4) is 0 Å². The van der Waals surface area contributed by atoms with Crippen LogP contribution in [0.25, 0.3) is 0 Å². The molecule has 2 atom stereocenters. The van der Waals surface area contributed by atoms with Crippen LogP contribution in [0.1, 0.15) is 46.2 Å². The maximum absolute atomic E-state index is 12.8. The van der Waals surface area contributed by atoms with Crippen LogP contribution in [0.5, 0.6) is 0 Å². The maximum atomic E-state index is 12.8. The van der Waals surface area contributed by atoms with Gasteiger partial charge in [-0.2, -0.15) is 0 Å². The van der Waals surface area contributed by atoms with Crippen molar-refractivity contribution in [1.29, 1.82) is 0 Å². The number of benzene rings is 2. The van der Waals surface area contributed by atoms with Crippen LogP contribution in [0.3, 0.4) is 0 Å². The molecule has 3 rings (SSSR count). The average Bonchev–Trinajstić information content (AvgIpc) is 2.88. The van der Waals surface area contributed by atoms with Gasteiger partial charge in [-0.15, -0.1) is 0 Å². The molecule has 0 radical (unpaired) electrons. The smallest absolute Gasteiger partial charge is 0.261 e. The molecule has 1 aliphatic heterocycles. The fourth-order valence-corrected chi connectivity index (χ4v) is 3.19. The zero-order valence-electron chi connectivity index (χ0n) is 13.0. The molecule has 2 unspecified atom stereocenters. The van der Waals surface area contributed by atoms with Gasteiger partial charge in [0.2, 0.25) is 5.91 Å². The van der Waals surface area contributed by atoms with Crippen LogP contribution in [-0.2, 0) is 4.79 Å². The summed E-state index contributed by atoms with van der Waals surface area (Å²) in [6, 6.07) is 15.5. The van der Waals surface area contributed by atoms with Crippen LogP contribution in [-0.4, -0.2) is 22.5 Å². The summed E-state index contributed by atoms with van der Waals surface area (Å²) in [6.07, 6.45) is 0. The largest absolute Gasteiger partial charge is 0.294 e. The Balaban J connectivity index is 2.04. The van der Waals surface area contributed by atoms with E-state index in [4.69, 9.17) is 0 Å². The molecule has 1 aliphatic rings. The fraction of sp³-hybridized carbons (Fsp3) is 0.211. The van der Waals surface area contributed by atoms with E-state index < -0.39 is 12.0 Å². The molecule has 0 spiro atoms. The van der Waals surface area contributed by atoms with Gasteiger partial charge in [-0.3, -0.25) is 19.3 Å². The highest BCUT2D eigenvalue weighted by Crippen LogP contribution is 2.39. The van der Waals surface area contributed by atoms with Crippen molar-refractivity contribution in [3.63, 3.8) is 0 Å². The molecule has 2 aromatic carbocycles. The van der Waals surface area contributed by atoms with Gasteiger partial charge in [0.1, 0.15) is 0 Å². The Bertz CT molecular complexity index is 782. The third-order valence-electron chi connectivity index (χ3n) is 4.29. The molecular formula is C19H17NO3. The number of carbonyl (C=O) groups is 3. The highest BCUT2D eigenvalue weighted by Gasteiger charge is 2.43. The van der Waals surface area contributed by atoms with Crippen molar-refractivity contribution in [2.24, 2.45) is 5.92 Å². The predicted octanol–water partition coefficient (Wildman–Crippen LogP) is 3.25. The van der Waals surface area contributed by atoms with Crippen molar-refractivity contribution < 1.29 is 14.4 Å². The molecule has 1 heterocycles. The van der Waals surface area contributed by atoms with E-state index in [0.29, 0.717) is 11.1 Å². The number of hydrogen-bond acceptors (Lipinski definition) is 3. The molecule has 2 amide bonds. The molecule has 2 aromatic rings. The summed E-state index contributed by atoms with van der Waals surface area (Å²) in [5.41, 5.74) is 1.82. The first-order valence-electron chi connectivity index (χ1n) is 7.54. The Morgan fingerprint density at radius 2 is 1.61 bits per heavy atom. The van der Waals surface area contributed by atoms with Crippen LogP contribution in [0.2, 0.25) is 0 Å². The molecule has 0 saturated carbocycles. The number of carbonyl (C=O) groups excluding carboxylic acids is 3. The molecule has 116 valence electrons. The second-order valence-corrected chi connectivity index (χ2v) is 5.75. The van der Waals surface area contributed by atoms with E-state index in [1.54, 1.807) is 43.3 Å². The Morgan fingerprint density at radius 3 is 2.26 bits per heavy atom. The van der Waals surface area contributed by atoms with E-state index in [9.17, 15) is 14.4 Å². The standard InChI is InChI=1S/C19H17NO3/c1-12(18(22)14-8-4-3-5-9-14)17-15-10-6-7-11-16(15)19(23)20(17)13(2)21/h3-12,17H,1-2H3. The molecule has 0 aliphatic carbocycles. The summed E-state index contributed by atoms with van der Waals surface area (Å²) >= 11 is 0. The summed E-state index contributed by atoms with van der Waals surface area (Å²) in [5, 5.41) is 0. The highest BCUT2D eigenvalue weighted by atomic mass is 16.2. The van der Waals surface area contributed by atoms with E-state index in [2.05, 4.69) is 0 Å². The molecule has 0 saturated heterocycles. The van der Waals surface area contributed by atoms with Crippen LogP contribution in [0.15, 0.2) is 54.6 Å². The van der Waals surface area contributed by atoms with Gasteiger partial charge >= 0.3 is 0 Å². The lowest BCUT2D eigenvalue weighted by atomic mass is 9.88. The van der Waals surface area contributed by atoms with Gasteiger partial charge in [0.05, 0.1) is 6.04 Å². The summed E-state index contributed by atoms with van der Waals surface area (Å²) in [5.74, 6) is -1.25. The lowest BCUT2D eigenvalue weighted by Gasteiger charge is -2.27. The molecule has 23 heavy (non-hydrogen) atoms. The molecule has 0 aromatic heterocycles. The number of rotatable bonds is 3. The topological polar surface area (TPSA) is 54.5 Å². The van der Waals surface area contributed by atoms with E-state index in [1.165, 1.54) is 11.8 Å². The minimum Gasteiger partial charge on any atom is -0.294 e. The SMILES string of the molecule is CC(=O)N1C(=O)c2ccccc2C1C(C)C(=O)c1ccccc1. The summed E-state index contributed by atoms with van der Waals surface area (Å²) < 4.78 is 0. The van der Waals surface area contributed by atoms with Gasteiger partial charge in [-0.25, -0.2) is 0 Å². The Labute approximate surface area is 134 Å². The average molecular weight is 307 g/mol. The molecule has 0 bridgehead atoms. The Kier molecular flexibility index (Phi) is 3.82. The van der Waals surface area contributed by atoms with E-state index in [0.717, 1.165) is 5.56 Å². The first kappa shape index (κ1) is 15.2. The zero-order valence-corrected chi connectivity index (χ0v) is 13.0. The molecule has 0 N–H and O–H groups in total. The second kappa shape index (κ2) is 5.80. The Hall–Kier alpha value is -2.75. The molecule has 4 nitrogen and oxygen atoms in total. The first-order chi connectivity index (χ1) is 11.0. The number of nitrogens with zero attached hydrogens (tertiary/aromatic N) is 1. The van der Waals surface area contributed by atoms with Crippen molar-refractivity contribution in [2.75, 3.05) is 0 Å². The minimum absolute atomic E-state index is 0.0775. The summed E-state index contributed by atoms with van der Waals surface area (Å²) in [6.45, 7) is 3.13. The zero-order chi connectivity index (χ0) is 16.6. The molecule has 0 fully saturated rings. The number of hydrogen-bond donors (Lipinski definition) is 0. The van der Waals surface area contributed by atoms with Crippen LogP contribution in [0.4, 0.5) is 0 Å². The summed E-state index contributed by atoms with van der Waals surface area (Å²) in [7, 11) is 0. The van der Waals surface area contributed by atoms with Crippen LogP contribution < -0.4 is 0 Å². The third-order valence-corrected chi connectivity index (χ3v) is 4.29. The van der Waals surface area contributed by atoms with E-state index in [-0.39, 0.29) is 17.6 Å². The van der Waals surface area contributed by atoms with Gasteiger partial charge in [0, 0.05) is 24.0 Å². The van der Waals surface area contributed by atoms with Gasteiger partial charge in [-0.05, 0) is 11.6 Å². The number of imide groups is 1. The van der Waals surface area contributed by atoms with Gasteiger partial charge < -0.3 is 0 Å². The van der Waals surface area contributed by atoms with Crippen molar-refractivity contribution in [3.05, 3.63) is 71.3 Å². The van der Waals surface area contributed by atoms with Crippen molar-refractivity contribution in [1.82, 2.24) is 4.90 Å². The van der Waals surface area contributed by atoms with Gasteiger partial charge in [0.15, 0.2) is 5.78 Å². The molecular weight excluding hydrogens is 290 g/mol. The maximum Gasteiger partial charge on any atom is 0.261 e. The lowest BCUT2D eigenvalue weighted by molar-refractivity contribution is -0.128. The monoisotopic (exact) mass is 307 g/mol. The van der Waals surface area contributed by atoms with Crippen molar-refractivity contribution in [2.45, 2.75) is 19.9 Å². The van der Waals surface area contributed by atoms with E-state index in [1.807, 2.05) is 18.2 Å². The number of fused-ring (bicyclic) bond motifs is 1. The second-order valence-electron chi connectivity index (χ2n) is 5.75. The van der Waals surface area contributed by atoms with E-state index >= 15 is 0 Å². The Morgan fingerprint density at radius 1 is 1.00 bits per heavy atom. The lowest BCUT2D eigenvalue weighted by Crippen LogP contribution is -2.37. The fourth-order valence-electron chi connectivity index (χ4n) is 3.19. The van der Waals surface area contributed by atoms with Crippen LogP contribution >= 0.6 is 0 Å². The minimum atomic E-state index is -0.552. The van der Waals surface area contributed by atoms with Crippen LogP contribution in [0, 0.1) is 5.92 Å². The third kappa shape index (κ3) is 2.46. The quantitative estimate of drug-likeness (QED) is 0.818. The normalized spacial score (nSPS) is 17.7. The number of ketones is 1. The summed E-state index contributed by atoms with van der Waals surface area (Å²) in [4.78, 5) is 38.5. The number of Topliss-reactive ketones (excluding diaryl/α,β-unsaturated/α-hetero) is 1. The molecule has 4 heteroatoms. The van der Waals surface area contributed by atoms with Gasteiger partial charge in [-0.1, -0.05) is 55.5 Å². The van der Waals surface area contributed by atoms with Gasteiger partial charge in [0.25, 0.3) is 5.91 Å². The number of amides is 2. The highest BCUT2D eigenvalue weighted by molar-refractivity contribution is 6.09. The first-order valence-corrected chi connectivity index (χ1v) is 7.54.